The molecule has 6 heteroatoms. The topological polar surface area (TPSA) is 77.0 Å². The Bertz CT molecular complexity index is 611. The Morgan fingerprint density at radius 2 is 2.26 bits per heavy atom. The molecule has 19 heavy (non-hydrogen) atoms. The average molecular weight is 386 g/mol. The quantitative estimate of drug-likeness (QED) is 0.547. The molecule has 100 valence electrons. The van der Waals surface area contributed by atoms with E-state index < -0.39 is 0 Å². The highest BCUT2D eigenvalue weighted by atomic mass is 127. The summed E-state index contributed by atoms with van der Waals surface area (Å²) in [6.07, 6.45) is 1.92. The molecule has 0 amide bonds. The summed E-state index contributed by atoms with van der Waals surface area (Å²) >= 11 is 3.88. The lowest BCUT2D eigenvalue weighted by Crippen LogP contribution is -2.30. The Kier molecular flexibility index (Phi) is 3.64. The zero-order chi connectivity index (χ0) is 13.4. The molecular weight excluding hydrogens is 371 g/mol. The highest BCUT2D eigenvalue weighted by Gasteiger charge is 2.23. The molecule has 0 spiro atoms. The van der Waals surface area contributed by atoms with Gasteiger partial charge in [-0.05, 0) is 46.7 Å². The Labute approximate surface area is 129 Å². The molecule has 0 aliphatic carbocycles. The number of nitrogen functional groups attached to an aromatic ring is 2. The second-order valence-corrected chi connectivity index (χ2v) is 6.90. The standard InChI is InChI=1S/C13H15IN4S/c14-8-5-7(1-2-9(8)15)6-11-12-10(3-4-17-11)18-13(16)19-12/h1-2,5,11,17H,3-4,6,15H2,(H2,16,18). The van der Waals surface area contributed by atoms with E-state index in [4.69, 9.17) is 11.5 Å². The third kappa shape index (κ3) is 2.70. The number of hydrogen-bond acceptors (Lipinski definition) is 5. The van der Waals surface area contributed by atoms with Crippen LogP contribution in [-0.2, 0) is 12.8 Å². The number of aromatic nitrogens is 1. The van der Waals surface area contributed by atoms with Crippen LogP contribution < -0.4 is 16.8 Å². The fourth-order valence-electron chi connectivity index (χ4n) is 2.39. The molecule has 2 aromatic rings. The van der Waals surface area contributed by atoms with Gasteiger partial charge in [-0.25, -0.2) is 4.98 Å². The number of hydrogen-bond donors (Lipinski definition) is 3. The van der Waals surface area contributed by atoms with E-state index in [1.807, 2.05) is 6.07 Å². The van der Waals surface area contributed by atoms with E-state index in [0.717, 1.165) is 34.3 Å². The Balaban J connectivity index is 1.86. The van der Waals surface area contributed by atoms with Crippen molar-refractivity contribution in [2.24, 2.45) is 0 Å². The predicted molar refractivity (Wildman–Crippen MR) is 88.2 cm³/mol. The molecule has 4 nitrogen and oxygen atoms in total. The number of thiazole rings is 1. The van der Waals surface area contributed by atoms with Gasteiger partial charge >= 0.3 is 0 Å². The number of nitrogens with one attached hydrogen (secondary N) is 1. The number of halogens is 1. The monoisotopic (exact) mass is 386 g/mol. The van der Waals surface area contributed by atoms with Crippen LogP contribution in [0.1, 0.15) is 22.2 Å². The predicted octanol–water partition coefficient (Wildman–Crippen LogP) is 2.34. The lowest BCUT2D eigenvalue weighted by atomic mass is 10.00. The van der Waals surface area contributed by atoms with Gasteiger partial charge in [0, 0.05) is 33.1 Å². The summed E-state index contributed by atoms with van der Waals surface area (Å²) in [6, 6.07) is 6.54. The number of rotatable bonds is 2. The second-order valence-electron chi connectivity index (χ2n) is 4.68. The lowest BCUT2D eigenvalue weighted by Gasteiger charge is -2.23. The zero-order valence-corrected chi connectivity index (χ0v) is 13.3. The van der Waals surface area contributed by atoms with Crippen LogP contribution in [0, 0.1) is 3.57 Å². The highest BCUT2D eigenvalue weighted by Crippen LogP contribution is 2.32. The van der Waals surface area contributed by atoms with Crippen molar-refractivity contribution in [3.63, 3.8) is 0 Å². The molecular formula is C13H15IN4S. The van der Waals surface area contributed by atoms with Crippen LogP contribution >= 0.6 is 33.9 Å². The number of nitrogens with zero attached hydrogens (tertiary/aromatic N) is 1. The van der Waals surface area contributed by atoms with Crippen molar-refractivity contribution in [1.82, 2.24) is 10.3 Å². The van der Waals surface area contributed by atoms with Gasteiger partial charge in [-0.15, -0.1) is 11.3 Å². The third-order valence-corrected chi connectivity index (χ3v) is 5.29. The molecule has 1 atom stereocenters. The Morgan fingerprint density at radius 3 is 3.05 bits per heavy atom. The number of anilines is 2. The molecule has 0 saturated carbocycles. The van der Waals surface area contributed by atoms with E-state index in [0.29, 0.717) is 11.2 Å². The van der Waals surface area contributed by atoms with Crippen LogP contribution in [0.4, 0.5) is 10.8 Å². The van der Waals surface area contributed by atoms with Crippen LogP contribution in [0.5, 0.6) is 0 Å². The third-order valence-electron chi connectivity index (χ3n) is 3.32. The molecule has 2 heterocycles. The van der Waals surface area contributed by atoms with Crippen molar-refractivity contribution in [3.8, 4) is 0 Å². The van der Waals surface area contributed by atoms with E-state index >= 15 is 0 Å². The van der Waals surface area contributed by atoms with Crippen molar-refractivity contribution >= 4 is 44.7 Å². The maximum absolute atomic E-state index is 5.85. The van der Waals surface area contributed by atoms with E-state index in [1.165, 1.54) is 10.4 Å². The van der Waals surface area contributed by atoms with E-state index in [2.05, 4.69) is 45.0 Å². The summed E-state index contributed by atoms with van der Waals surface area (Å²) in [6.45, 7) is 0.965. The van der Waals surface area contributed by atoms with Gasteiger partial charge in [0.05, 0.1) is 5.69 Å². The molecule has 0 saturated heterocycles. The fourth-order valence-corrected chi connectivity index (χ4v) is 3.92. The van der Waals surface area contributed by atoms with Crippen molar-refractivity contribution < 1.29 is 0 Å². The Morgan fingerprint density at radius 1 is 1.42 bits per heavy atom. The van der Waals surface area contributed by atoms with Gasteiger partial charge in [0.25, 0.3) is 0 Å². The highest BCUT2D eigenvalue weighted by molar-refractivity contribution is 14.1. The number of nitrogens with two attached hydrogens (primary N) is 2. The van der Waals surface area contributed by atoms with Crippen LogP contribution in [-0.4, -0.2) is 11.5 Å². The smallest absolute Gasteiger partial charge is 0.180 e. The normalized spacial score (nSPS) is 18.3. The first kappa shape index (κ1) is 13.1. The van der Waals surface area contributed by atoms with Gasteiger partial charge in [0.15, 0.2) is 5.13 Å². The fraction of sp³-hybridized carbons (Fsp3) is 0.308. The molecule has 1 aliphatic heterocycles. The molecule has 1 aromatic carbocycles. The van der Waals surface area contributed by atoms with E-state index in [1.54, 1.807) is 11.3 Å². The summed E-state index contributed by atoms with van der Waals surface area (Å²) in [5.74, 6) is 0. The minimum atomic E-state index is 0.318. The van der Waals surface area contributed by atoms with Crippen LogP contribution in [0.25, 0.3) is 0 Å². The molecule has 0 radical (unpaired) electrons. The van der Waals surface area contributed by atoms with E-state index in [-0.39, 0.29) is 0 Å². The largest absolute Gasteiger partial charge is 0.398 e. The van der Waals surface area contributed by atoms with Crippen molar-refractivity contribution in [1.29, 1.82) is 0 Å². The van der Waals surface area contributed by atoms with Gasteiger partial charge in [-0.1, -0.05) is 6.07 Å². The SMILES string of the molecule is Nc1nc2c(s1)C(Cc1ccc(N)c(I)c1)NCC2. The molecule has 1 aliphatic rings. The number of fused-ring (bicyclic) bond motifs is 1. The van der Waals surface area contributed by atoms with Gasteiger partial charge in [-0.2, -0.15) is 0 Å². The van der Waals surface area contributed by atoms with Crippen LogP contribution in [0.3, 0.4) is 0 Å². The summed E-state index contributed by atoms with van der Waals surface area (Å²) in [4.78, 5) is 5.70. The minimum Gasteiger partial charge on any atom is -0.398 e. The van der Waals surface area contributed by atoms with Crippen molar-refractivity contribution in [3.05, 3.63) is 37.9 Å². The van der Waals surface area contributed by atoms with Crippen molar-refractivity contribution in [2.75, 3.05) is 18.0 Å². The zero-order valence-electron chi connectivity index (χ0n) is 10.3. The van der Waals surface area contributed by atoms with Gasteiger partial charge in [-0.3, -0.25) is 0 Å². The first-order valence-corrected chi connectivity index (χ1v) is 8.05. The Hall–Kier alpha value is -0.860. The summed E-state index contributed by atoms with van der Waals surface area (Å²) in [5, 5.41) is 4.22. The van der Waals surface area contributed by atoms with Gasteiger partial charge in [0.2, 0.25) is 0 Å². The maximum Gasteiger partial charge on any atom is 0.180 e. The van der Waals surface area contributed by atoms with Gasteiger partial charge < -0.3 is 16.8 Å². The minimum absolute atomic E-state index is 0.318. The molecule has 1 unspecified atom stereocenters. The number of benzene rings is 1. The van der Waals surface area contributed by atoms with Crippen molar-refractivity contribution in [2.45, 2.75) is 18.9 Å². The van der Waals surface area contributed by atoms with E-state index in [9.17, 15) is 0 Å². The summed E-state index contributed by atoms with van der Waals surface area (Å²) in [5.41, 5.74) is 15.0. The molecule has 5 N–H and O–H groups in total. The van der Waals surface area contributed by atoms with Crippen LogP contribution in [0.2, 0.25) is 0 Å². The molecule has 0 bridgehead atoms. The first-order chi connectivity index (χ1) is 9.13. The van der Waals surface area contributed by atoms with Gasteiger partial charge in [0.1, 0.15) is 0 Å². The molecule has 1 aromatic heterocycles. The maximum atomic E-state index is 5.85. The average Bonchev–Trinajstić information content (AvgIpc) is 2.75. The summed E-state index contributed by atoms with van der Waals surface area (Å²) < 4.78 is 1.11. The first-order valence-electron chi connectivity index (χ1n) is 6.16. The second kappa shape index (κ2) is 5.26. The lowest BCUT2D eigenvalue weighted by molar-refractivity contribution is 0.507. The summed E-state index contributed by atoms with van der Waals surface area (Å²) in [7, 11) is 0. The molecule has 0 fully saturated rings. The molecule has 3 rings (SSSR count). The van der Waals surface area contributed by atoms with Crippen LogP contribution in [0.15, 0.2) is 18.2 Å².